The second kappa shape index (κ2) is 6.21. The van der Waals surface area contributed by atoms with Gasteiger partial charge in [-0.05, 0) is 31.9 Å². The van der Waals surface area contributed by atoms with Crippen molar-refractivity contribution in [1.82, 2.24) is 0 Å². The van der Waals surface area contributed by atoms with Crippen LogP contribution in [0.1, 0.15) is 28.6 Å². The van der Waals surface area contributed by atoms with Crippen LogP contribution in [0.4, 0.5) is 8.78 Å². The standard InChI is InChI=1S/C19H13ClF2O3S/c1-8-2-4-10-13(25-8)7-12(21)16(17(10)22)15-11-5-3-9(20)6-14(11)26-18(15)19(23)24/h3,5-8H,2,4H2,1H3,(H,23,24). The third-order valence-electron chi connectivity index (χ3n) is 4.50. The van der Waals surface area contributed by atoms with Crippen molar-refractivity contribution < 1.29 is 23.4 Å². The number of carboxylic acid groups (broad SMARTS) is 1. The lowest BCUT2D eigenvalue weighted by atomic mass is 9.94. The lowest BCUT2D eigenvalue weighted by Crippen LogP contribution is -2.20. The molecule has 1 aliphatic heterocycles. The van der Waals surface area contributed by atoms with Crippen LogP contribution in [0.3, 0.4) is 0 Å². The van der Waals surface area contributed by atoms with E-state index in [4.69, 9.17) is 16.3 Å². The first-order chi connectivity index (χ1) is 12.4. The Morgan fingerprint density at radius 1 is 1.31 bits per heavy atom. The van der Waals surface area contributed by atoms with E-state index in [0.717, 1.165) is 17.4 Å². The molecule has 1 aromatic heterocycles. The van der Waals surface area contributed by atoms with Crippen LogP contribution in [0, 0.1) is 11.6 Å². The number of carbonyl (C=O) groups is 1. The van der Waals surface area contributed by atoms with Gasteiger partial charge in [-0.15, -0.1) is 11.3 Å². The van der Waals surface area contributed by atoms with E-state index in [9.17, 15) is 14.3 Å². The number of thiophene rings is 1. The van der Waals surface area contributed by atoms with Gasteiger partial charge in [0, 0.05) is 32.3 Å². The van der Waals surface area contributed by atoms with Crippen molar-refractivity contribution >= 4 is 39.0 Å². The third kappa shape index (κ3) is 2.64. The second-order valence-corrected chi connectivity index (χ2v) is 7.73. The Balaban J connectivity index is 2.05. The van der Waals surface area contributed by atoms with Crippen LogP contribution >= 0.6 is 22.9 Å². The number of hydrogen-bond donors (Lipinski definition) is 1. The maximum absolute atomic E-state index is 15.2. The Kier molecular flexibility index (Phi) is 4.12. The maximum Gasteiger partial charge on any atom is 0.346 e. The summed E-state index contributed by atoms with van der Waals surface area (Å²) in [5.41, 5.74) is 0.00242. The Labute approximate surface area is 156 Å². The Morgan fingerprint density at radius 3 is 2.81 bits per heavy atom. The number of carboxylic acids is 1. The van der Waals surface area contributed by atoms with Crippen LogP contribution in [0.2, 0.25) is 5.02 Å². The van der Waals surface area contributed by atoms with Crippen LogP contribution in [-0.4, -0.2) is 17.2 Å². The maximum atomic E-state index is 15.2. The zero-order valence-electron chi connectivity index (χ0n) is 13.6. The third-order valence-corrected chi connectivity index (χ3v) is 5.88. The summed E-state index contributed by atoms with van der Waals surface area (Å²) >= 11 is 6.92. The average molecular weight is 395 g/mol. The first-order valence-electron chi connectivity index (χ1n) is 8.00. The van der Waals surface area contributed by atoms with Crippen molar-refractivity contribution in [2.45, 2.75) is 25.9 Å². The van der Waals surface area contributed by atoms with Crippen LogP contribution in [-0.2, 0) is 6.42 Å². The van der Waals surface area contributed by atoms with Crippen LogP contribution in [0.15, 0.2) is 24.3 Å². The Hall–Kier alpha value is -2.18. The highest BCUT2D eigenvalue weighted by molar-refractivity contribution is 7.21. The number of benzene rings is 2. The van der Waals surface area contributed by atoms with Crippen LogP contribution in [0.25, 0.3) is 21.2 Å². The fourth-order valence-electron chi connectivity index (χ4n) is 3.30. The normalized spacial score (nSPS) is 16.4. The molecule has 134 valence electrons. The van der Waals surface area contributed by atoms with Crippen molar-refractivity contribution in [3.05, 3.63) is 51.4 Å². The van der Waals surface area contributed by atoms with E-state index in [-0.39, 0.29) is 33.4 Å². The van der Waals surface area contributed by atoms with E-state index >= 15 is 4.39 Å². The number of hydrogen-bond acceptors (Lipinski definition) is 3. The number of ether oxygens (including phenoxy) is 1. The summed E-state index contributed by atoms with van der Waals surface area (Å²) in [5.74, 6) is -2.66. The van der Waals surface area contributed by atoms with Gasteiger partial charge in [-0.2, -0.15) is 0 Å². The highest BCUT2D eigenvalue weighted by Gasteiger charge is 2.29. The fraction of sp³-hybridized carbons (Fsp3) is 0.211. The molecule has 2 heterocycles. The molecule has 3 aromatic rings. The lowest BCUT2D eigenvalue weighted by Gasteiger charge is -2.25. The summed E-state index contributed by atoms with van der Waals surface area (Å²) in [6.45, 7) is 1.84. The highest BCUT2D eigenvalue weighted by atomic mass is 35.5. The molecule has 7 heteroatoms. The van der Waals surface area contributed by atoms with Gasteiger partial charge in [-0.1, -0.05) is 17.7 Å². The molecule has 1 atom stereocenters. The zero-order chi connectivity index (χ0) is 18.6. The quantitative estimate of drug-likeness (QED) is 0.587. The molecule has 0 fully saturated rings. The smallest absolute Gasteiger partial charge is 0.346 e. The van der Waals surface area contributed by atoms with E-state index in [0.29, 0.717) is 28.0 Å². The van der Waals surface area contributed by atoms with E-state index in [1.54, 1.807) is 18.2 Å². The predicted octanol–water partition coefficient (Wildman–Crippen LogP) is 5.91. The first kappa shape index (κ1) is 17.2. The molecule has 0 spiro atoms. The highest BCUT2D eigenvalue weighted by Crippen LogP contribution is 2.45. The van der Waals surface area contributed by atoms with Crippen molar-refractivity contribution in [2.24, 2.45) is 0 Å². The summed E-state index contributed by atoms with van der Waals surface area (Å²) in [7, 11) is 0. The lowest BCUT2D eigenvalue weighted by molar-refractivity contribution is 0.0703. The molecule has 0 saturated heterocycles. The van der Waals surface area contributed by atoms with Crippen LogP contribution in [0.5, 0.6) is 5.75 Å². The van der Waals surface area contributed by atoms with Crippen molar-refractivity contribution in [2.75, 3.05) is 0 Å². The number of aromatic carboxylic acids is 1. The molecule has 1 unspecified atom stereocenters. The number of halogens is 3. The molecule has 1 N–H and O–H groups in total. The van der Waals surface area contributed by atoms with Gasteiger partial charge < -0.3 is 9.84 Å². The average Bonchev–Trinajstić information content (AvgIpc) is 2.93. The Morgan fingerprint density at radius 2 is 2.08 bits per heavy atom. The first-order valence-corrected chi connectivity index (χ1v) is 9.19. The fourth-order valence-corrected chi connectivity index (χ4v) is 4.62. The van der Waals surface area contributed by atoms with Gasteiger partial charge in [0.1, 0.15) is 22.3 Å². The SMILES string of the molecule is CC1CCc2c(cc(F)c(-c3c(C(=O)O)sc4cc(Cl)ccc34)c2F)O1. The summed E-state index contributed by atoms with van der Waals surface area (Å²) in [4.78, 5) is 11.6. The largest absolute Gasteiger partial charge is 0.490 e. The second-order valence-electron chi connectivity index (χ2n) is 6.24. The monoisotopic (exact) mass is 394 g/mol. The van der Waals surface area contributed by atoms with Gasteiger partial charge in [0.15, 0.2) is 0 Å². The van der Waals surface area contributed by atoms with Gasteiger partial charge in [-0.25, -0.2) is 13.6 Å². The van der Waals surface area contributed by atoms with Crippen molar-refractivity contribution in [3.63, 3.8) is 0 Å². The molecule has 0 saturated carbocycles. The van der Waals surface area contributed by atoms with E-state index in [1.165, 1.54) is 0 Å². The minimum absolute atomic E-state index is 0.0468. The van der Waals surface area contributed by atoms with Gasteiger partial charge >= 0.3 is 5.97 Å². The minimum atomic E-state index is -1.24. The predicted molar refractivity (Wildman–Crippen MR) is 97.6 cm³/mol. The molecule has 0 radical (unpaired) electrons. The topological polar surface area (TPSA) is 46.5 Å². The molecule has 2 aromatic carbocycles. The molecule has 1 aliphatic rings. The molecule has 3 nitrogen and oxygen atoms in total. The van der Waals surface area contributed by atoms with Crippen LogP contribution < -0.4 is 4.74 Å². The Bertz CT molecular complexity index is 1060. The van der Waals surface area contributed by atoms with Gasteiger partial charge in [-0.3, -0.25) is 0 Å². The summed E-state index contributed by atoms with van der Waals surface area (Å²) < 4.78 is 36.2. The number of rotatable bonds is 2. The van der Waals surface area contributed by atoms with Gasteiger partial charge in [0.05, 0.1) is 11.7 Å². The molecule has 4 rings (SSSR count). The van der Waals surface area contributed by atoms with E-state index in [1.807, 2.05) is 6.92 Å². The summed E-state index contributed by atoms with van der Waals surface area (Å²) in [6, 6.07) is 5.91. The molecule has 0 amide bonds. The molecular weight excluding hydrogens is 382 g/mol. The van der Waals surface area contributed by atoms with Crippen molar-refractivity contribution in [3.8, 4) is 16.9 Å². The number of fused-ring (bicyclic) bond motifs is 2. The van der Waals surface area contributed by atoms with E-state index < -0.39 is 17.6 Å². The minimum Gasteiger partial charge on any atom is -0.490 e. The van der Waals surface area contributed by atoms with E-state index in [2.05, 4.69) is 0 Å². The summed E-state index contributed by atoms with van der Waals surface area (Å²) in [6.07, 6.45) is 0.901. The summed E-state index contributed by atoms with van der Waals surface area (Å²) in [5, 5.41) is 10.4. The van der Waals surface area contributed by atoms with Gasteiger partial charge in [0.2, 0.25) is 0 Å². The zero-order valence-corrected chi connectivity index (χ0v) is 15.2. The molecule has 26 heavy (non-hydrogen) atoms. The molecular formula is C19H13ClF2O3S. The van der Waals surface area contributed by atoms with Crippen molar-refractivity contribution in [1.29, 1.82) is 0 Å². The molecule has 0 aliphatic carbocycles. The van der Waals surface area contributed by atoms with Gasteiger partial charge in [0.25, 0.3) is 0 Å². The molecule has 0 bridgehead atoms.